The number of fused-ring (bicyclic) bond motifs is 14. The minimum absolute atomic E-state index is 0.0272. The predicted octanol–water partition coefficient (Wildman–Crippen LogP) is 6.07. The van der Waals surface area contributed by atoms with E-state index in [1.165, 1.54) is 53.2 Å². The third-order valence-electron chi connectivity index (χ3n) is 11.1. The highest BCUT2D eigenvalue weighted by molar-refractivity contribution is 6.23. The Morgan fingerprint density at radius 3 is 2.29 bits per heavy atom. The third kappa shape index (κ3) is 9.01. The van der Waals surface area contributed by atoms with Crippen LogP contribution in [0.25, 0.3) is 10.8 Å². The highest BCUT2D eigenvalue weighted by Gasteiger charge is 2.50. The van der Waals surface area contributed by atoms with Crippen LogP contribution >= 0.6 is 0 Å². The third-order valence-corrected chi connectivity index (χ3v) is 11.1. The number of aromatic hydroxyl groups is 3. The fourth-order valence-corrected chi connectivity index (χ4v) is 7.19. The number of allylic oxidation sites excluding steroid dienone is 2. The maximum absolute atomic E-state index is 14.3. The summed E-state index contributed by atoms with van der Waals surface area (Å²) >= 11 is 0. The molecule has 3 heterocycles. The van der Waals surface area contributed by atoms with Crippen molar-refractivity contribution in [1.82, 2.24) is 0 Å². The number of anilines is 1. The summed E-state index contributed by atoms with van der Waals surface area (Å²) in [6, 6.07) is 0. The number of aliphatic hydroxyl groups excluding tert-OH is 2. The summed E-state index contributed by atoms with van der Waals surface area (Å²) in [4.78, 5) is 45.6. The number of ether oxygens (including phenoxy) is 4. The number of hydrogen-bond acceptors (Lipinski definition) is 14. The van der Waals surface area contributed by atoms with E-state index in [0.29, 0.717) is 12.0 Å². The van der Waals surface area contributed by atoms with Crippen LogP contribution in [0.4, 0.5) is 5.69 Å². The zero-order chi connectivity index (χ0) is 43.4. The average molecular weight is 809 g/mol. The van der Waals surface area contributed by atoms with Crippen LogP contribution in [0.3, 0.4) is 0 Å². The van der Waals surface area contributed by atoms with Crippen molar-refractivity contribution < 1.29 is 63.7 Å². The number of hydrogen-bond donors (Lipinski definition) is 6. The van der Waals surface area contributed by atoms with E-state index in [4.69, 9.17) is 23.8 Å². The van der Waals surface area contributed by atoms with Crippen LogP contribution in [0, 0.1) is 30.6 Å². The fourth-order valence-electron chi connectivity index (χ4n) is 7.19. The predicted molar refractivity (Wildman–Crippen MR) is 217 cm³/mol. The molecule has 0 saturated heterocycles. The largest absolute Gasteiger partial charge is 0.507 e. The van der Waals surface area contributed by atoms with Crippen molar-refractivity contribution in [3.8, 4) is 23.0 Å². The number of benzene rings is 2. The van der Waals surface area contributed by atoms with Gasteiger partial charge in [0.2, 0.25) is 0 Å². The lowest BCUT2D eigenvalue weighted by Crippen LogP contribution is -2.46. The quantitative estimate of drug-likeness (QED) is 0.0467. The second-order valence-electron chi connectivity index (χ2n) is 15.2. The molecule has 3 aliphatic heterocycles. The molecule has 6 N–H and O–H groups in total. The first kappa shape index (κ1) is 45.3. The summed E-state index contributed by atoms with van der Waals surface area (Å²) in [6.45, 7) is 18.2. The molecule has 0 spiro atoms. The molecule has 2 aromatic carbocycles. The van der Waals surface area contributed by atoms with E-state index < -0.39 is 88.8 Å². The van der Waals surface area contributed by atoms with Crippen molar-refractivity contribution in [2.75, 3.05) is 19.0 Å². The fraction of sp³-hybridized carbons (Fsp3) is 0.488. The number of carbonyl (C=O) groups excluding carboxylic acids is 3. The first-order valence-corrected chi connectivity index (χ1v) is 19.1. The number of Topliss-reactive ketones (excluding diaryl/α,β-unsaturated/α-hetero) is 1. The Morgan fingerprint density at radius 1 is 1.00 bits per heavy atom. The number of nitrogens with one attached hydrogen (secondary N) is 1. The van der Waals surface area contributed by atoms with Crippen molar-refractivity contribution in [3.05, 3.63) is 65.0 Å². The summed E-state index contributed by atoms with van der Waals surface area (Å²) in [6.07, 6.45) is 5.07. The molecular weight excluding hydrogens is 752 g/mol. The van der Waals surface area contributed by atoms with Gasteiger partial charge in [-0.25, -0.2) is 0 Å². The highest BCUT2D eigenvalue weighted by atomic mass is 16.7. The van der Waals surface area contributed by atoms with Crippen molar-refractivity contribution >= 4 is 40.3 Å². The number of oxime groups is 1. The minimum atomic E-state index is -2.07. The van der Waals surface area contributed by atoms with Crippen LogP contribution in [0.15, 0.2) is 53.4 Å². The molecule has 5 rings (SSSR count). The van der Waals surface area contributed by atoms with Crippen molar-refractivity contribution in [2.45, 2.75) is 98.9 Å². The zero-order valence-corrected chi connectivity index (χ0v) is 34.7. The Kier molecular flexibility index (Phi) is 14.4. The summed E-state index contributed by atoms with van der Waals surface area (Å²) in [7, 11) is 1.42. The van der Waals surface area contributed by atoms with E-state index in [1.54, 1.807) is 39.8 Å². The van der Waals surface area contributed by atoms with Gasteiger partial charge >= 0.3 is 11.8 Å². The van der Waals surface area contributed by atoms with Gasteiger partial charge in [0.25, 0.3) is 11.7 Å². The first-order valence-electron chi connectivity index (χ1n) is 19.1. The first-order chi connectivity index (χ1) is 27.2. The molecule has 9 atom stereocenters. The van der Waals surface area contributed by atoms with Gasteiger partial charge in [0.05, 0.1) is 53.0 Å². The topological polar surface area (TPSA) is 223 Å². The number of phenols is 3. The van der Waals surface area contributed by atoms with Crippen LogP contribution < -0.4 is 10.1 Å². The minimum Gasteiger partial charge on any atom is -0.507 e. The van der Waals surface area contributed by atoms with Crippen LogP contribution in [0.1, 0.15) is 83.3 Å². The maximum atomic E-state index is 14.3. The number of esters is 1. The Hall–Kier alpha value is -5.38. The van der Waals surface area contributed by atoms with Gasteiger partial charge in [-0.2, -0.15) is 0 Å². The number of ketones is 1. The second kappa shape index (κ2) is 18.5. The summed E-state index contributed by atoms with van der Waals surface area (Å²) < 4.78 is 23.5. The highest BCUT2D eigenvalue weighted by Crippen LogP contribution is 2.55. The molecule has 1 amide bonds. The van der Waals surface area contributed by atoms with Gasteiger partial charge in [-0.05, 0) is 31.9 Å². The Bertz CT molecular complexity index is 2050. The van der Waals surface area contributed by atoms with Gasteiger partial charge in [0.1, 0.15) is 30.0 Å². The molecule has 0 fully saturated rings. The van der Waals surface area contributed by atoms with E-state index in [9.17, 15) is 39.9 Å². The molecule has 15 heteroatoms. The molecule has 15 nitrogen and oxygen atoms in total. The maximum Gasteiger partial charge on any atom is 0.312 e. The smallest absolute Gasteiger partial charge is 0.312 e. The lowest BCUT2D eigenvalue weighted by molar-refractivity contribution is -0.160. The van der Waals surface area contributed by atoms with Crippen molar-refractivity contribution in [2.24, 2.45) is 28.8 Å². The number of amides is 1. The van der Waals surface area contributed by atoms with E-state index in [1.807, 2.05) is 6.92 Å². The Morgan fingerprint density at radius 2 is 1.67 bits per heavy atom. The number of methoxy groups -OCH3 is 1. The Balaban J connectivity index is 1.97. The van der Waals surface area contributed by atoms with E-state index in [0.717, 1.165) is 6.21 Å². The molecular formula is C43H56N2O13. The van der Waals surface area contributed by atoms with Gasteiger partial charge < -0.3 is 54.6 Å². The number of rotatable bonds is 7. The monoisotopic (exact) mass is 808 g/mol. The standard InChI is InChI=1S/C43H56N2O13/c1-12-20(2)19-56-44-18-28-33-38(51)31-30(37(28)50)32-40(26(8)36(31)49)58-43(10,41(32)52)55-17-16-29(54-11)23(5)39(57-27(9)46)25(7)35(48)24(6)34(47)21(3)14-13-15-22(4)42(53)45-33/h13-18,21,23-25,29,34-35,39,47-51H,2,12,19H2,1,3-11H3,(H,45,53)/b14-13-,17-16-,22-15-,44-18+/t21-,23+,24+,25+,29-,34-,35+,39+,43-/m0/s1. The summed E-state index contributed by atoms with van der Waals surface area (Å²) in [5.41, 5.74) is 0.0454. The van der Waals surface area contributed by atoms with Gasteiger partial charge in [-0.3, -0.25) is 14.4 Å². The van der Waals surface area contributed by atoms with Crippen LogP contribution in [-0.2, 0) is 28.6 Å². The molecule has 0 aromatic heterocycles. The summed E-state index contributed by atoms with van der Waals surface area (Å²) in [5, 5.41) is 63.8. The van der Waals surface area contributed by atoms with Gasteiger partial charge in [-0.1, -0.05) is 64.6 Å². The molecule has 58 heavy (non-hydrogen) atoms. The molecule has 0 aliphatic carbocycles. The van der Waals surface area contributed by atoms with Gasteiger partial charge in [0, 0.05) is 61.2 Å². The van der Waals surface area contributed by atoms with Crippen LogP contribution in [-0.4, -0.2) is 93.3 Å². The number of carbonyl (C=O) groups is 3. The van der Waals surface area contributed by atoms with E-state index in [2.05, 4.69) is 17.1 Å². The summed E-state index contributed by atoms with van der Waals surface area (Å²) in [5.74, 6) is -8.72. The van der Waals surface area contributed by atoms with Crippen molar-refractivity contribution in [3.63, 3.8) is 0 Å². The normalized spacial score (nSPS) is 30.3. The number of phenolic OH excluding ortho intramolecular Hbond substituents is 3. The lowest BCUT2D eigenvalue weighted by atomic mass is 9.78. The van der Waals surface area contributed by atoms with Crippen molar-refractivity contribution in [1.29, 1.82) is 0 Å². The number of nitrogens with zero attached hydrogens (tertiary/aromatic N) is 1. The van der Waals surface area contributed by atoms with Crippen LogP contribution in [0.5, 0.6) is 23.0 Å². The lowest BCUT2D eigenvalue weighted by Gasteiger charge is -2.38. The second-order valence-corrected chi connectivity index (χ2v) is 15.2. The molecule has 2 aromatic rings. The molecule has 5 bridgehead atoms. The molecule has 3 aliphatic rings. The SMILES string of the molecule is C=C(CC)CO/N=C/c1c2c(O)c3c(O)c(C)c4c(c3c1O)C(=O)[C@@](C)(O/C=C\[C@H](OC)[C@@H](C)[C@@H](OC(C)=O)[C@H](C)[C@H](O)[C@H](C)[C@@H](O)[C@@H](C)/C=C\C=C(\C)C(=O)N2)O4. The zero-order valence-electron chi connectivity index (χ0n) is 34.7. The molecule has 0 saturated carbocycles. The van der Waals surface area contributed by atoms with Crippen LogP contribution in [0.2, 0.25) is 0 Å². The molecule has 0 radical (unpaired) electrons. The number of aliphatic hydroxyl groups is 2. The Labute approximate surface area is 338 Å². The molecule has 316 valence electrons. The van der Waals surface area contributed by atoms with Gasteiger partial charge in [-0.15, -0.1) is 0 Å². The van der Waals surface area contributed by atoms with Gasteiger partial charge in [0.15, 0.2) is 5.75 Å². The van der Waals surface area contributed by atoms with E-state index in [-0.39, 0.29) is 51.1 Å². The average Bonchev–Trinajstić information content (AvgIpc) is 3.45. The van der Waals surface area contributed by atoms with E-state index >= 15 is 0 Å². The molecule has 0 unspecified atom stereocenters.